The van der Waals surface area contributed by atoms with Gasteiger partial charge in [-0.1, -0.05) is 12.8 Å². The zero-order valence-corrected chi connectivity index (χ0v) is 19.2. The molecule has 1 aliphatic heterocycles. The summed E-state index contributed by atoms with van der Waals surface area (Å²) in [5.41, 5.74) is 0.339. The van der Waals surface area contributed by atoms with Gasteiger partial charge in [0.05, 0.1) is 18.8 Å². The Morgan fingerprint density at radius 2 is 1.86 bits per heavy atom. The van der Waals surface area contributed by atoms with Crippen molar-refractivity contribution in [3.05, 3.63) is 0 Å². The van der Waals surface area contributed by atoms with Crippen molar-refractivity contribution in [2.24, 2.45) is 10.4 Å². The van der Waals surface area contributed by atoms with Gasteiger partial charge in [-0.15, -0.1) is 0 Å². The number of nitrogens with zero attached hydrogens (tertiary/aromatic N) is 2. The maximum Gasteiger partial charge on any atom is 0.191 e. The van der Waals surface area contributed by atoms with E-state index >= 15 is 0 Å². The Hall–Kier alpha value is -0.850. The summed E-state index contributed by atoms with van der Waals surface area (Å²) in [6, 6.07) is 1.02. The topological polar surface area (TPSA) is 58.1 Å². The molecule has 0 aromatic rings. The Labute approximate surface area is 178 Å². The molecule has 2 saturated carbocycles. The lowest BCUT2D eigenvalue weighted by Gasteiger charge is -2.54. The van der Waals surface area contributed by atoms with Gasteiger partial charge >= 0.3 is 0 Å². The van der Waals surface area contributed by atoms with E-state index in [0.717, 1.165) is 51.8 Å². The summed E-state index contributed by atoms with van der Waals surface area (Å²) < 4.78 is 11.8. The average Bonchev–Trinajstić information content (AvgIpc) is 3.21. The van der Waals surface area contributed by atoms with Gasteiger partial charge in [0.1, 0.15) is 0 Å². The molecule has 29 heavy (non-hydrogen) atoms. The van der Waals surface area contributed by atoms with Crippen LogP contribution in [0.4, 0.5) is 0 Å². The highest BCUT2D eigenvalue weighted by Crippen LogP contribution is 2.54. The second kappa shape index (κ2) is 11.0. The third-order valence-corrected chi connectivity index (χ3v) is 7.10. The van der Waals surface area contributed by atoms with Crippen molar-refractivity contribution in [3.8, 4) is 0 Å². The molecule has 0 aromatic heterocycles. The Morgan fingerprint density at radius 3 is 2.48 bits per heavy atom. The predicted octanol–water partition coefficient (Wildman–Crippen LogP) is 3.17. The van der Waals surface area contributed by atoms with E-state index in [4.69, 9.17) is 14.5 Å². The number of likely N-dealkylation sites (tertiary alicyclic amines) is 1. The second-order valence-corrected chi connectivity index (χ2v) is 9.32. The Kier molecular flexibility index (Phi) is 8.63. The predicted molar refractivity (Wildman–Crippen MR) is 120 cm³/mol. The standard InChI is InChI=1S/C23H44N4O2/c1-5-24-22(25-19-9-13-27(14-10-19)15-16-29-18(3)4)26-20-17-21(28-6-2)23(20)11-7-8-12-23/h18-21H,5-17H2,1-4H3,(H2,24,25,26). The molecule has 0 bridgehead atoms. The number of piperidine rings is 1. The molecule has 0 radical (unpaired) electrons. The lowest BCUT2D eigenvalue weighted by atomic mass is 9.60. The molecule has 2 atom stereocenters. The van der Waals surface area contributed by atoms with Crippen molar-refractivity contribution in [2.45, 2.75) is 96.9 Å². The molecule has 3 aliphatic rings. The van der Waals surface area contributed by atoms with Gasteiger partial charge in [-0.05, 0) is 59.8 Å². The minimum absolute atomic E-state index is 0.324. The second-order valence-electron chi connectivity index (χ2n) is 9.32. The highest BCUT2D eigenvalue weighted by atomic mass is 16.5. The number of hydrogen-bond acceptors (Lipinski definition) is 4. The molecule has 2 aliphatic carbocycles. The Morgan fingerprint density at radius 1 is 1.14 bits per heavy atom. The van der Waals surface area contributed by atoms with E-state index in [1.807, 2.05) is 0 Å². The first-order valence-electron chi connectivity index (χ1n) is 12.1. The normalized spacial score (nSPS) is 28.1. The van der Waals surface area contributed by atoms with Gasteiger partial charge in [0, 0.05) is 50.3 Å². The van der Waals surface area contributed by atoms with Gasteiger partial charge < -0.3 is 25.0 Å². The number of rotatable bonds is 9. The number of nitrogens with one attached hydrogen (secondary N) is 2. The van der Waals surface area contributed by atoms with Crippen LogP contribution in [0.15, 0.2) is 4.99 Å². The molecule has 1 heterocycles. The first-order chi connectivity index (χ1) is 14.1. The van der Waals surface area contributed by atoms with E-state index < -0.39 is 0 Å². The van der Waals surface area contributed by atoms with Crippen LogP contribution in [0.2, 0.25) is 0 Å². The average molecular weight is 409 g/mol. The molecule has 168 valence electrons. The van der Waals surface area contributed by atoms with Crippen LogP contribution < -0.4 is 10.6 Å². The van der Waals surface area contributed by atoms with Crippen LogP contribution in [-0.4, -0.2) is 74.5 Å². The molecule has 3 rings (SSSR count). The van der Waals surface area contributed by atoms with E-state index in [1.165, 1.54) is 38.5 Å². The monoisotopic (exact) mass is 408 g/mol. The zero-order chi connectivity index (χ0) is 20.7. The first kappa shape index (κ1) is 22.8. The fraction of sp³-hybridized carbons (Fsp3) is 0.957. The van der Waals surface area contributed by atoms with Gasteiger partial charge in [0.25, 0.3) is 0 Å². The van der Waals surface area contributed by atoms with Crippen LogP contribution in [0.5, 0.6) is 0 Å². The summed E-state index contributed by atoms with van der Waals surface area (Å²) in [7, 11) is 0. The molecule has 1 saturated heterocycles. The van der Waals surface area contributed by atoms with Crippen molar-refractivity contribution in [2.75, 3.05) is 39.4 Å². The fourth-order valence-electron chi connectivity index (χ4n) is 5.46. The number of guanidine groups is 1. The molecule has 6 heteroatoms. The van der Waals surface area contributed by atoms with E-state index in [1.54, 1.807) is 0 Å². The summed E-state index contributed by atoms with van der Waals surface area (Å²) in [4.78, 5) is 7.30. The summed E-state index contributed by atoms with van der Waals surface area (Å²) in [6.45, 7) is 14.2. The van der Waals surface area contributed by atoms with Gasteiger partial charge in [-0.25, -0.2) is 0 Å². The SMILES string of the molecule is CCN=C(NC1CCN(CCOC(C)C)CC1)NC1CC(OCC)C12CCCC2. The molecule has 3 fully saturated rings. The minimum Gasteiger partial charge on any atom is -0.378 e. The molecule has 1 spiro atoms. The van der Waals surface area contributed by atoms with Crippen LogP contribution in [0, 0.1) is 5.41 Å². The maximum atomic E-state index is 6.08. The van der Waals surface area contributed by atoms with Crippen LogP contribution >= 0.6 is 0 Å². The number of aliphatic imine (C=N–C) groups is 1. The molecular weight excluding hydrogens is 364 g/mol. The highest BCUT2D eigenvalue weighted by Gasteiger charge is 2.57. The van der Waals surface area contributed by atoms with Crippen LogP contribution in [0.3, 0.4) is 0 Å². The van der Waals surface area contributed by atoms with E-state index in [-0.39, 0.29) is 0 Å². The smallest absolute Gasteiger partial charge is 0.191 e. The summed E-state index contributed by atoms with van der Waals surface area (Å²) >= 11 is 0. The fourth-order valence-corrected chi connectivity index (χ4v) is 5.46. The maximum absolute atomic E-state index is 6.08. The highest BCUT2D eigenvalue weighted by molar-refractivity contribution is 5.80. The number of hydrogen-bond donors (Lipinski definition) is 2. The van der Waals surface area contributed by atoms with E-state index in [2.05, 4.69) is 43.2 Å². The molecular formula is C23H44N4O2. The van der Waals surface area contributed by atoms with Crippen molar-refractivity contribution in [3.63, 3.8) is 0 Å². The quantitative estimate of drug-likeness (QED) is 0.453. The lowest BCUT2D eigenvalue weighted by molar-refractivity contribution is -0.125. The molecule has 0 aromatic carbocycles. The van der Waals surface area contributed by atoms with Gasteiger partial charge in [0.2, 0.25) is 0 Å². The molecule has 0 amide bonds. The summed E-state index contributed by atoms with van der Waals surface area (Å²) in [5.74, 6) is 1.01. The van der Waals surface area contributed by atoms with E-state index in [0.29, 0.717) is 29.7 Å². The first-order valence-corrected chi connectivity index (χ1v) is 12.1. The van der Waals surface area contributed by atoms with Gasteiger partial charge in [0.15, 0.2) is 5.96 Å². The van der Waals surface area contributed by atoms with Crippen LogP contribution in [-0.2, 0) is 9.47 Å². The number of ether oxygens (including phenoxy) is 2. The van der Waals surface area contributed by atoms with Gasteiger partial charge in [-0.3, -0.25) is 4.99 Å². The molecule has 2 unspecified atom stereocenters. The molecule has 2 N–H and O–H groups in total. The lowest BCUT2D eigenvalue weighted by Crippen LogP contribution is -2.65. The largest absolute Gasteiger partial charge is 0.378 e. The summed E-state index contributed by atoms with van der Waals surface area (Å²) in [5, 5.41) is 7.55. The van der Waals surface area contributed by atoms with Crippen LogP contribution in [0.1, 0.15) is 72.6 Å². The molecule has 6 nitrogen and oxygen atoms in total. The van der Waals surface area contributed by atoms with Crippen molar-refractivity contribution in [1.82, 2.24) is 15.5 Å². The third kappa shape index (κ3) is 5.86. The third-order valence-electron chi connectivity index (χ3n) is 7.10. The Balaban J connectivity index is 1.46. The minimum atomic E-state index is 0.324. The summed E-state index contributed by atoms with van der Waals surface area (Å²) in [6.07, 6.45) is 9.50. The Bertz CT molecular complexity index is 511. The zero-order valence-electron chi connectivity index (χ0n) is 19.2. The van der Waals surface area contributed by atoms with Crippen molar-refractivity contribution < 1.29 is 9.47 Å². The van der Waals surface area contributed by atoms with Crippen molar-refractivity contribution >= 4 is 5.96 Å². The van der Waals surface area contributed by atoms with Crippen molar-refractivity contribution in [1.29, 1.82) is 0 Å². The van der Waals surface area contributed by atoms with Crippen LogP contribution in [0.25, 0.3) is 0 Å². The van der Waals surface area contributed by atoms with E-state index in [9.17, 15) is 0 Å². The van der Waals surface area contributed by atoms with Gasteiger partial charge in [-0.2, -0.15) is 0 Å².